The van der Waals surface area contributed by atoms with Crippen LogP contribution in [0.2, 0.25) is 0 Å². The van der Waals surface area contributed by atoms with Crippen molar-refractivity contribution in [2.75, 3.05) is 6.79 Å². The maximum Gasteiger partial charge on any atom is 0.343 e. The Hall–Kier alpha value is -5.41. The molecule has 1 aliphatic rings. The molecule has 0 radical (unpaired) electrons. The standard InChI is InChI=1S/C34H22BrN3O5/c35-24-12-15-27(43-34(40)22-11-14-28-29(17-22)42-19-41-28)23(16-24)18-36-38-33(39)32-30(21-7-2-1-3-8-21)26-13-10-20-6-4-5-9-25(20)31(26)37-32/h1-18,37H,19H2,(H,38,39). The Morgan fingerprint density at radius 3 is 2.56 bits per heavy atom. The number of fused-ring (bicyclic) bond motifs is 4. The Morgan fingerprint density at radius 2 is 1.67 bits per heavy atom. The van der Waals surface area contributed by atoms with E-state index in [0.29, 0.717) is 28.3 Å². The van der Waals surface area contributed by atoms with Crippen molar-refractivity contribution in [3.05, 3.63) is 124 Å². The van der Waals surface area contributed by atoms with Gasteiger partial charge in [0.1, 0.15) is 11.4 Å². The van der Waals surface area contributed by atoms with Crippen molar-refractivity contribution in [1.29, 1.82) is 0 Å². The molecule has 0 saturated carbocycles. The molecule has 1 aliphatic heterocycles. The topological polar surface area (TPSA) is 102 Å². The lowest BCUT2D eigenvalue weighted by Gasteiger charge is -2.09. The lowest BCUT2D eigenvalue weighted by Crippen LogP contribution is -2.19. The van der Waals surface area contributed by atoms with Gasteiger partial charge in [0, 0.05) is 26.4 Å². The first-order valence-electron chi connectivity index (χ1n) is 13.4. The molecule has 8 nitrogen and oxygen atoms in total. The van der Waals surface area contributed by atoms with Crippen molar-refractivity contribution >= 4 is 55.7 Å². The molecule has 1 amide bonds. The van der Waals surface area contributed by atoms with E-state index in [2.05, 4.69) is 37.5 Å². The highest BCUT2D eigenvalue weighted by atomic mass is 79.9. The molecule has 0 bridgehead atoms. The van der Waals surface area contributed by atoms with Crippen molar-refractivity contribution in [3.8, 4) is 28.4 Å². The fraction of sp³-hybridized carbons (Fsp3) is 0.0294. The van der Waals surface area contributed by atoms with Crippen LogP contribution in [0.4, 0.5) is 0 Å². The van der Waals surface area contributed by atoms with Gasteiger partial charge in [-0.05, 0) is 47.3 Å². The number of aromatic nitrogens is 1. The van der Waals surface area contributed by atoms with Crippen LogP contribution in [0.15, 0.2) is 113 Å². The highest BCUT2D eigenvalue weighted by molar-refractivity contribution is 9.10. The second-order valence-electron chi connectivity index (χ2n) is 9.79. The molecule has 0 aliphatic carbocycles. The van der Waals surface area contributed by atoms with Crippen molar-refractivity contribution in [2.45, 2.75) is 0 Å². The van der Waals surface area contributed by atoms with Crippen LogP contribution in [-0.2, 0) is 0 Å². The average molecular weight is 632 g/mol. The summed E-state index contributed by atoms with van der Waals surface area (Å²) in [4.78, 5) is 29.8. The monoisotopic (exact) mass is 631 g/mol. The molecule has 0 spiro atoms. The van der Waals surface area contributed by atoms with Crippen LogP contribution >= 0.6 is 15.9 Å². The number of nitrogens with zero attached hydrogens (tertiary/aromatic N) is 1. The van der Waals surface area contributed by atoms with Gasteiger partial charge >= 0.3 is 5.97 Å². The minimum Gasteiger partial charge on any atom is -0.454 e. The molecule has 0 fully saturated rings. The summed E-state index contributed by atoms with van der Waals surface area (Å²) in [5.74, 6) is 0.337. The van der Waals surface area contributed by atoms with Crippen LogP contribution in [0, 0.1) is 0 Å². The number of halogens is 1. The molecule has 9 heteroatoms. The SMILES string of the molecule is O=C(Oc1ccc(Br)cc1C=NNC(=O)c1[nH]c2c(ccc3ccccc32)c1-c1ccccc1)c1ccc2c(c1)OCO2. The van der Waals surface area contributed by atoms with E-state index in [9.17, 15) is 9.59 Å². The van der Waals surface area contributed by atoms with Gasteiger partial charge in [-0.15, -0.1) is 0 Å². The van der Waals surface area contributed by atoms with Crippen molar-refractivity contribution < 1.29 is 23.8 Å². The lowest BCUT2D eigenvalue weighted by atomic mass is 9.99. The van der Waals surface area contributed by atoms with Crippen molar-refractivity contribution in [1.82, 2.24) is 10.4 Å². The zero-order valence-corrected chi connectivity index (χ0v) is 24.1. The van der Waals surface area contributed by atoms with Gasteiger partial charge in [-0.25, -0.2) is 10.2 Å². The van der Waals surface area contributed by atoms with Gasteiger partial charge < -0.3 is 19.2 Å². The number of ether oxygens (including phenoxy) is 3. The summed E-state index contributed by atoms with van der Waals surface area (Å²) in [7, 11) is 0. The van der Waals surface area contributed by atoms with Gasteiger partial charge in [-0.2, -0.15) is 5.10 Å². The van der Waals surface area contributed by atoms with Gasteiger partial charge in [0.25, 0.3) is 5.91 Å². The summed E-state index contributed by atoms with van der Waals surface area (Å²) >= 11 is 3.45. The maximum atomic E-state index is 13.6. The first-order chi connectivity index (χ1) is 21.0. The second kappa shape index (κ2) is 11.1. The summed E-state index contributed by atoms with van der Waals surface area (Å²) in [6.45, 7) is 0.106. The Labute approximate surface area is 254 Å². The molecule has 5 aromatic carbocycles. The van der Waals surface area contributed by atoms with Crippen LogP contribution in [0.3, 0.4) is 0 Å². The van der Waals surface area contributed by atoms with E-state index in [1.54, 1.807) is 36.4 Å². The molecule has 0 unspecified atom stereocenters. The number of hydrogen-bond donors (Lipinski definition) is 2. The highest BCUT2D eigenvalue weighted by Gasteiger charge is 2.21. The van der Waals surface area contributed by atoms with Crippen LogP contribution in [0.25, 0.3) is 32.8 Å². The van der Waals surface area contributed by atoms with Crippen LogP contribution in [0.1, 0.15) is 26.4 Å². The van der Waals surface area contributed by atoms with E-state index < -0.39 is 11.9 Å². The van der Waals surface area contributed by atoms with Crippen LogP contribution in [-0.4, -0.2) is 29.9 Å². The Kier molecular flexibility index (Phi) is 6.84. The number of amides is 1. The third-order valence-corrected chi connectivity index (χ3v) is 7.63. The molecule has 2 heterocycles. The van der Waals surface area contributed by atoms with Gasteiger partial charge in [0.2, 0.25) is 6.79 Å². The Balaban J connectivity index is 1.18. The van der Waals surface area contributed by atoms with E-state index in [0.717, 1.165) is 37.3 Å². The van der Waals surface area contributed by atoms with Gasteiger partial charge in [0.15, 0.2) is 11.5 Å². The third kappa shape index (κ3) is 5.11. The number of carbonyl (C=O) groups is 2. The average Bonchev–Trinajstić information content (AvgIpc) is 3.67. The molecule has 2 N–H and O–H groups in total. The smallest absolute Gasteiger partial charge is 0.343 e. The first kappa shape index (κ1) is 26.5. The minimum absolute atomic E-state index is 0.106. The zero-order chi connectivity index (χ0) is 29.3. The van der Waals surface area contributed by atoms with Gasteiger partial charge in [-0.1, -0.05) is 82.7 Å². The summed E-state index contributed by atoms with van der Waals surface area (Å²) in [5, 5.41) is 7.24. The zero-order valence-electron chi connectivity index (χ0n) is 22.5. The molecular weight excluding hydrogens is 610 g/mol. The van der Waals surface area contributed by atoms with E-state index in [-0.39, 0.29) is 12.5 Å². The fourth-order valence-corrected chi connectivity index (χ4v) is 5.50. The fourth-order valence-electron chi connectivity index (χ4n) is 5.12. The Bertz CT molecular complexity index is 2070. The molecule has 0 saturated heterocycles. The minimum atomic E-state index is -0.572. The highest BCUT2D eigenvalue weighted by Crippen LogP contribution is 2.36. The molecular formula is C34H22BrN3O5. The number of H-pyrrole nitrogens is 1. The van der Waals surface area contributed by atoms with E-state index in [1.165, 1.54) is 6.21 Å². The largest absolute Gasteiger partial charge is 0.454 e. The summed E-state index contributed by atoms with van der Waals surface area (Å²) in [6, 6.07) is 31.8. The number of hydrogen-bond acceptors (Lipinski definition) is 6. The number of carbonyl (C=O) groups excluding carboxylic acids is 2. The number of esters is 1. The second-order valence-corrected chi connectivity index (χ2v) is 10.7. The molecule has 7 rings (SSSR count). The summed E-state index contributed by atoms with van der Waals surface area (Å²) in [5.41, 5.74) is 6.38. The number of hydrazone groups is 1. The van der Waals surface area contributed by atoms with Crippen LogP contribution in [0.5, 0.6) is 17.2 Å². The lowest BCUT2D eigenvalue weighted by molar-refractivity contribution is 0.0733. The maximum absolute atomic E-state index is 13.6. The van der Waals surface area contributed by atoms with E-state index in [1.807, 2.05) is 60.7 Å². The predicted molar refractivity (Wildman–Crippen MR) is 168 cm³/mol. The van der Waals surface area contributed by atoms with E-state index in [4.69, 9.17) is 14.2 Å². The normalized spacial score (nSPS) is 12.2. The van der Waals surface area contributed by atoms with Crippen molar-refractivity contribution in [3.63, 3.8) is 0 Å². The Morgan fingerprint density at radius 1 is 0.860 bits per heavy atom. The quantitative estimate of drug-likeness (QED) is 0.0859. The third-order valence-electron chi connectivity index (χ3n) is 7.14. The molecule has 1 aromatic heterocycles. The van der Waals surface area contributed by atoms with Crippen molar-refractivity contribution in [2.24, 2.45) is 5.10 Å². The molecule has 6 aromatic rings. The molecule has 0 atom stereocenters. The number of aromatic amines is 1. The predicted octanol–water partition coefficient (Wildman–Crippen LogP) is 7.46. The first-order valence-corrected chi connectivity index (χ1v) is 14.2. The molecule has 210 valence electrons. The van der Waals surface area contributed by atoms with Crippen LogP contribution < -0.4 is 19.6 Å². The van der Waals surface area contributed by atoms with E-state index >= 15 is 0 Å². The summed E-state index contributed by atoms with van der Waals surface area (Å²) in [6.07, 6.45) is 1.44. The summed E-state index contributed by atoms with van der Waals surface area (Å²) < 4.78 is 17.1. The van der Waals surface area contributed by atoms with Gasteiger partial charge in [-0.3, -0.25) is 4.79 Å². The number of nitrogens with one attached hydrogen (secondary N) is 2. The number of rotatable bonds is 6. The van der Waals surface area contributed by atoms with Gasteiger partial charge in [0.05, 0.1) is 17.3 Å². The molecule has 43 heavy (non-hydrogen) atoms. The number of benzene rings is 5.